The molecular formula is C30H34F4N4O3S. The number of nitrogens with one attached hydrogen (secondary N) is 2. The van der Waals surface area contributed by atoms with Crippen molar-refractivity contribution < 1.29 is 31.5 Å². The molecule has 2 heterocycles. The van der Waals surface area contributed by atoms with Crippen LogP contribution >= 0.6 is 10.8 Å². The molecule has 2 bridgehead atoms. The second-order valence-electron chi connectivity index (χ2n) is 10.9. The lowest BCUT2D eigenvalue weighted by atomic mass is 9.84. The van der Waals surface area contributed by atoms with Crippen molar-refractivity contribution in [3.8, 4) is 0 Å². The van der Waals surface area contributed by atoms with E-state index < -0.39 is 51.9 Å². The predicted octanol–water partition coefficient (Wildman–Crippen LogP) is 5.38. The molecule has 226 valence electrons. The van der Waals surface area contributed by atoms with Gasteiger partial charge in [-0.2, -0.15) is 0 Å². The lowest BCUT2D eigenvalue weighted by Crippen LogP contribution is -2.55. The minimum Gasteiger partial charge on any atom is -0.324 e. The Kier molecular flexibility index (Phi) is 9.21. The van der Waals surface area contributed by atoms with Gasteiger partial charge in [-0.05, 0) is 73.2 Å². The largest absolute Gasteiger partial charge is 0.324 e. The van der Waals surface area contributed by atoms with Crippen molar-refractivity contribution in [2.45, 2.75) is 49.7 Å². The highest BCUT2D eigenvalue weighted by Crippen LogP contribution is 2.49. The van der Waals surface area contributed by atoms with Gasteiger partial charge in [0.05, 0.1) is 11.8 Å². The van der Waals surface area contributed by atoms with Crippen molar-refractivity contribution >= 4 is 22.4 Å². The fourth-order valence-corrected chi connectivity index (χ4v) is 7.78. The molecule has 5 rings (SSSR count). The monoisotopic (exact) mass is 606 g/mol. The maximum atomic E-state index is 15.1. The minimum absolute atomic E-state index is 0.0840. The Hall–Kier alpha value is -3.00. The van der Waals surface area contributed by atoms with Crippen molar-refractivity contribution in [2.24, 2.45) is 5.73 Å². The lowest BCUT2D eigenvalue weighted by Gasteiger charge is -2.49. The van der Waals surface area contributed by atoms with Crippen molar-refractivity contribution in [1.82, 2.24) is 9.62 Å². The molecule has 7 nitrogen and oxygen atoms in total. The molecule has 12 heteroatoms. The standard InChI is InChI=1S/C30H34F4N4O3S/c31-20-8-6-18(7-9-20)28(19-13-21(32)15-22(33)14-19)29(35)30(39)37-27-5-1-4-26(34)25(27)11-10-24-16-36-23-3-2-12-42(40,41)38(24)17-23/h1,4-9,13-15,23-24,28-29,36,40-41H,2-3,10-12,16-17,35H2,(H,37,39)/t23?,24?,28-,29-/m0/s1. The molecule has 0 spiro atoms. The first-order chi connectivity index (χ1) is 20.0. The summed E-state index contributed by atoms with van der Waals surface area (Å²) in [5.41, 5.74) is 7.23. The van der Waals surface area contributed by atoms with Gasteiger partial charge < -0.3 is 16.4 Å². The second kappa shape index (κ2) is 12.7. The zero-order valence-corrected chi connectivity index (χ0v) is 23.6. The summed E-state index contributed by atoms with van der Waals surface area (Å²) in [6.07, 6.45) is 2.14. The summed E-state index contributed by atoms with van der Waals surface area (Å²) >= 11 is 0. The van der Waals surface area contributed by atoms with E-state index in [1.54, 1.807) is 4.31 Å². The number of anilines is 1. The van der Waals surface area contributed by atoms with Crippen LogP contribution in [0.4, 0.5) is 23.2 Å². The van der Waals surface area contributed by atoms with Gasteiger partial charge in [0.1, 0.15) is 23.3 Å². The summed E-state index contributed by atoms with van der Waals surface area (Å²) in [6, 6.07) is 10.7. The number of halogens is 4. The quantitative estimate of drug-likeness (QED) is 0.221. The van der Waals surface area contributed by atoms with E-state index in [0.29, 0.717) is 43.3 Å². The van der Waals surface area contributed by atoms with Crippen LogP contribution in [0.1, 0.15) is 41.9 Å². The fourth-order valence-electron chi connectivity index (χ4n) is 5.91. The van der Waals surface area contributed by atoms with E-state index >= 15 is 4.39 Å². The molecular weight excluding hydrogens is 572 g/mol. The Morgan fingerprint density at radius 3 is 2.45 bits per heavy atom. The van der Waals surface area contributed by atoms with Crippen LogP contribution in [0.5, 0.6) is 0 Å². The van der Waals surface area contributed by atoms with Crippen molar-refractivity contribution in [3.05, 3.63) is 101 Å². The molecule has 1 amide bonds. The molecule has 3 unspecified atom stereocenters. The van der Waals surface area contributed by atoms with Crippen molar-refractivity contribution in [3.63, 3.8) is 0 Å². The number of rotatable bonds is 8. The number of fused-ring (bicyclic) bond motifs is 2. The van der Waals surface area contributed by atoms with Crippen LogP contribution in [0.25, 0.3) is 0 Å². The van der Waals surface area contributed by atoms with E-state index in [-0.39, 0.29) is 35.3 Å². The third-order valence-electron chi connectivity index (χ3n) is 8.04. The Morgan fingerprint density at radius 1 is 1.02 bits per heavy atom. The van der Waals surface area contributed by atoms with Crippen LogP contribution < -0.4 is 16.4 Å². The van der Waals surface area contributed by atoms with E-state index in [0.717, 1.165) is 30.7 Å². The van der Waals surface area contributed by atoms with E-state index in [4.69, 9.17) is 5.73 Å². The maximum Gasteiger partial charge on any atom is 0.242 e. The van der Waals surface area contributed by atoms with Crippen LogP contribution in [-0.4, -0.2) is 56.3 Å². The van der Waals surface area contributed by atoms with Crippen LogP contribution in [0.3, 0.4) is 0 Å². The second-order valence-corrected chi connectivity index (χ2v) is 13.0. The first-order valence-corrected chi connectivity index (χ1v) is 15.5. The van der Waals surface area contributed by atoms with Gasteiger partial charge in [-0.25, -0.2) is 21.9 Å². The van der Waals surface area contributed by atoms with Crippen molar-refractivity contribution in [2.75, 3.05) is 24.2 Å². The summed E-state index contributed by atoms with van der Waals surface area (Å²) in [5, 5.41) is 6.12. The smallest absolute Gasteiger partial charge is 0.242 e. The van der Waals surface area contributed by atoms with Gasteiger partial charge in [-0.15, -0.1) is 10.8 Å². The fraction of sp³-hybridized carbons (Fsp3) is 0.367. The van der Waals surface area contributed by atoms with Crippen LogP contribution in [0.15, 0.2) is 60.7 Å². The summed E-state index contributed by atoms with van der Waals surface area (Å²) < 4.78 is 80.3. The molecule has 2 aliphatic rings. The van der Waals surface area contributed by atoms with Gasteiger partial charge in [-0.3, -0.25) is 13.9 Å². The normalized spacial score (nSPS) is 23.8. The highest BCUT2D eigenvalue weighted by Gasteiger charge is 2.38. The van der Waals surface area contributed by atoms with E-state index in [1.807, 2.05) is 0 Å². The van der Waals surface area contributed by atoms with Crippen LogP contribution in [-0.2, 0) is 11.2 Å². The summed E-state index contributed by atoms with van der Waals surface area (Å²) in [6.45, 7) is 1.01. The van der Waals surface area contributed by atoms with Crippen LogP contribution in [0.2, 0.25) is 0 Å². The highest BCUT2D eigenvalue weighted by atomic mass is 32.3. The van der Waals surface area contributed by atoms with Gasteiger partial charge in [0, 0.05) is 48.4 Å². The zero-order chi connectivity index (χ0) is 30.0. The van der Waals surface area contributed by atoms with E-state index in [9.17, 15) is 27.1 Å². The minimum atomic E-state index is -2.93. The summed E-state index contributed by atoms with van der Waals surface area (Å²) in [7, 11) is -2.93. The molecule has 2 saturated heterocycles. The molecule has 0 radical (unpaired) electrons. The van der Waals surface area contributed by atoms with Gasteiger partial charge in [0.15, 0.2) is 0 Å². The molecule has 2 aliphatic heterocycles. The Labute approximate surface area is 243 Å². The maximum absolute atomic E-state index is 15.1. The number of nitrogens with zero attached hydrogens (tertiary/aromatic N) is 1. The average Bonchev–Trinajstić information content (AvgIpc) is 3.05. The molecule has 0 aliphatic carbocycles. The molecule has 42 heavy (non-hydrogen) atoms. The Balaban J connectivity index is 1.37. The van der Waals surface area contributed by atoms with Crippen molar-refractivity contribution in [1.29, 1.82) is 0 Å². The number of carbonyl (C=O) groups is 1. The number of carbonyl (C=O) groups excluding carboxylic acids is 1. The number of nitrogens with two attached hydrogens (primary N) is 1. The molecule has 3 aromatic rings. The SMILES string of the molecule is N[C@H](C(=O)Nc1cccc(F)c1CCC1CNC2CCCS(O)(O)N1C2)[C@@H](c1ccc(F)cc1)c1cc(F)cc(F)c1. The molecule has 5 atom stereocenters. The number of piperazine rings is 1. The van der Waals surface area contributed by atoms with E-state index in [2.05, 4.69) is 10.6 Å². The zero-order valence-electron chi connectivity index (χ0n) is 22.8. The third-order valence-corrected chi connectivity index (χ3v) is 10.1. The van der Waals surface area contributed by atoms with Gasteiger partial charge in [-0.1, -0.05) is 18.2 Å². The number of amides is 1. The predicted molar refractivity (Wildman–Crippen MR) is 155 cm³/mol. The number of benzene rings is 3. The van der Waals surface area contributed by atoms with Gasteiger partial charge in [0.2, 0.25) is 5.91 Å². The molecule has 0 saturated carbocycles. The summed E-state index contributed by atoms with van der Waals surface area (Å²) in [5.74, 6) is -4.27. The van der Waals surface area contributed by atoms with Gasteiger partial charge >= 0.3 is 0 Å². The Bertz CT molecular complexity index is 1410. The van der Waals surface area contributed by atoms with Gasteiger partial charge in [0.25, 0.3) is 0 Å². The first-order valence-electron chi connectivity index (χ1n) is 13.8. The van der Waals surface area contributed by atoms with E-state index in [1.165, 1.54) is 30.3 Å². The summed E-state index contributed by atoms with van der Waals surface area (Å²) in [4.78, 5) is 13.5. The average molecular weight is 607 g/mol. The highest BCUT2D eigenvalue weighted by molar-refractivity contribution is 8.22. The molecule has 3 aromatic carbocycles. The lowest BCUT2D eigenvalue weighted by molar-refractivity contribution is -0.117. The Morgan fingerprint density at radius 2 is 1.74 bits per heavy atom. The topological polar surface area (TPSA) is 111 Å². The first kappa shape index (κ1) is 30.5. The number of hydrogen-bond donors (Lipinski definition) is 5. The molecule has 6 N–H and O–H groups in total. The number of hydrogen-bond acceptors (Lipinski definition) is 6. The van der Waals surface area contributed by atoms with Crippen LogP contribution in [0, 0.1) is 23.3 Å². The molecule has 2 fully saturated rings. The third kappa shape index (κ3) is 6.80. The molecule has 0 aromatic heterocycles.